The van der Waals surface area contributed by atoms with Gasteiger partial charge in [-0.25, -0.2) is 8.42 Å². The van der Waals surface area contributed by atoms with Crippen molar-refractivity contribution in [3.05, 3.63) is 36.4 Å². The molecule has 0 saturated carbocycles. The largest absolute Gasteiger partial charge is 0.493 e. The first-order chi connectivity index (χ1) is 12.8. The molecular formula is C18H22N2O6S. The quantitative estimate of drug-likeness (QED) is 0.707. The Hall–Kier alpha value is -2.94. The van der Waals surface area contributed by atoms with E-state index in [0.29, 0.717) is 28.6 Å². The topological polar surface area (TPSA) is 103 Å². The molecule has 2 N–H and O–H groups in total. The molecular weight excluding hydrogens is 372 g/mol. The Labute approximate surface area is 158 Å². The Balaban J connectivity index is 2.03. The van der Waals surface area contributed by atoms with Crippen LogP contribution in [-0.4, -0.2) is 48.5 Å². The summed E-state index contributed by atoms with van der Waals surface area (Å²) in [7, 11) is 1.25. The van der Waals surface area contributed by atoms with Crippen molar-refractivity contribution in [1.29, 1.82) is 0 Å². The highest BCUT2D eigenvalue weighted by Gasteiger charge is 2.14. The number of anilines is 2. The molecule has 1 amide bonds. The number of ether oxygens (including phenoxy) is 3. The van der Waals surface area contributed by atoms with Crippen LogP contribution in [0.4, 0.5) is 11.4 Å². The van der Waals surface area contributed by atoms with Gasteiger partial charge in [0, 0.05) is 29.8 Å². The summed E-state index contributed by atoms with van der Waals surface area (Å²) in [6, 6.07) is 9.33. The molecule has 0 aliphatic heterocycles. The molecule has 2 aromatic carbocycles. The Morgan fingerprint density at radius 2 is 1.48 bits per heavy atom. The number of nitrogens with one attached hydrogen (secondary N) is 2. The molecule has 0 aromatic heterocycles. The summed E-state index contributed by atoms with van der Waals surface area (Å²) < 4.78 is 38.7. The lowest BCUT2D eigenvalue weighted by Gasteiger charge is -2.15. The van der Waals surface area contributed by atoms with Gasteiger partial charge in [0.15, 0.2) is 21.3 Å². The fourth-order valence-corrected chi connectivity index (χ4v) is 2.99. The van der Waals surface area contributed by atoms with Gasteiger partial charge in [0.25, 0.3) is 0 Å². The van der Waals surface area contributed by atoms with E-state index in [-0.39, 0.29) is 17.3 Å². The minimum atomic E-state index is -3.27. The number of sulfone groups is 1. The average molecular weight is 394 g/mol. The van der Waals surface area contributed by atoms with E-state index >= 15 is 0 Å². The Kier molecular flexibility index (Phi) is 6.51. The summed E-state index contributed by atoms with van der Waals surface area (Å²) in [5.74, 6) is 1.10. The van der Waals surface area contributed by atoms with E-state index in [2.05, 4.69) is 10.6 Å². The van der Waals surface area contributed by atoms with E-state index in [4.69, 9.17) is 14.2 Å². The van der Waals surface area contributed by atoms with E-state index in [1.165, 1.54) is 45.6 Å². The standard InChI is InChI=1S/C18H22N2O6S/c1-24-15-9-13(10-16(25-2)18(15)26-3)19-11-17(21)20-12-5-7-14(8-6-12)27(4,22)23/h5-10,19H,11H2,1-4H3,(H,20,21). The van der Waals surface area contributed by atoms with Crippen molar-refractivity contribution in [3.63, 3.8) is 0 Å². The van der Waals surface area contributed by atoms with Crippen molar-refractivity contribution in [3.8, 4) is 17.2 Å². The van der Waals surface area contributed by atoms with Gasteiger partial charge in [-0.15, -0.1) is 0 Å². The Morgan fingerprint density at radius 3 is 1.93 bits per heavy atom. The van der Waals surface area contributed by atoms with Gasteiger partial charge in [0.1, 0.15) is 0 Å². The summed E-state index contributed by atoms with van der Waals surface area (Å²) in [5.41, 5.74) is 1.12. The molecule has 0 heterocycles. The minimum Gasteiger partial charge on any atom is -0.493 e. The molecule has 0 saturated heterocycles. The van der Waals surface area contributed by atoms with Gasteiger partial charge in [-0.05, 0) is 24.3 Å². The van der Waals surface area contributed by atoms with Crippen LogP contribution in [0, 0.1) is 0 Å². The zero-order valence-electron chi connectivity index (χ0n) is 15.5. The summed E-state index contributed by atoms with van der Waals surface area (Å²) in [5, 5.41) is 5.66. The third kappa shape index (κ3) is 5.27. The molecule has 0 spiro atoms. The zero-order valence-corrected chi connectivity index (χ0v) is 16.3. The van der Waals surface area contributed by atoms with Crippen molar-refractivity contribution in [1.82, 2.24) is 0 Å². The molecule has 9 heteroatoms. The molecule has 27 heavy (non-hydrogen) atoms. The number of amides is 1. The molecule has 8 nitrogen and oxygen atoms in total. The maximum atomic E-state index is 12.1. The highest BCUT2D eigenvalue weighted by atomic mass is 32.2. The molecule has 0 unspecified atom stereocenters. The lowest BCUT2D eigenvalue weighted by atomic mass is 10.2. The smallest absolute Gasteiger partial charge is 0.243 e. The Bertz CT molecular complexity index is 885. The monoisotopic (exact) mass is 394 g/mol. The molecule has 146 valence electrons. The van der Waals surface area contributed by atoms with Crippen molar-refractivity contribution in [2.24, 2.45) is 0 Å². The van der Waals surface area contributed by atoms with Crippen LogP contribution < -0.4 is 24.8 Å². The zero-order chi connectivity index (χ0) is 20.0. The van der Waals surface area contributed by atoms with Crippen LogP contribution in [0.2, 0.25) is 0 Å². The number of rotatable bonds is 8. The lowest BCUT2D eigenvalue weighted by Crippen LogP contribution is -2.21. The first-order valence-corrected chi connectivity index (χ1v) is 9.81. The highest BCUT2D eigenvalue weighted by molar-refractivity contribution is 7.90. The summed E-state index contributed by atoms with van der Waals surface area (Å²) >= 11 is 0. The molecule has 0 fully saturated rings. The Morgan fingerprint density at radius 1 is 0.926 bits per heavy atom. The number of carbonyl (C=O) groups excluding carboxylic acids is 1. The summed E-state index contributed by atoms with van der Waals surface area (Å²) in [6.45, 7) is -0.00748. The maximum absolute atomic E-state index is 12.1. The van der Waals surface area contributed by atoms with E-state index in [0.717, 1.165) is 6.26 Å². The van der Waals surface area contributed by atoms with Crippen LogP contribution in [0.15, 0.2) is 41.3 Å². The molecule has 0 aliphatic rings. The predicted molar refractivity (Wildman–Crippen MR) is 103 cm³/mol. The van der Waals surface area contributed by atoms with Gasteiger partial charge in [0.2, 0.25) is 11.7 Å². The average Bonchev–Trinajstić information content (AvgIpc) is 2.65. The number of hydrogen-bond acceptors (Lipinski definition) is 7. The molecule has 2 rings (SSSR count). The fourth-order valence-electron chi connectivity index (χ4n) is 2.36. The second-order valence-electron chi connectivity index (χ2n) is 5.61. The minimum absolute atomic E-state index is 0.00748. The van der Waals surface area contributed by atoms with E-state index < -0.39 is 9.84 Å². The molecule has 2 aromatic rings. The van der Waals surface area contributed by atoms with Gasteiger partial charge in [0.05, 0.1) is 32.8 Å². The predicted octanol–water partition coefficient (Wildman–Crippen LogP) is 2.17. The van der Waals surface area contributed by atoms with Crippen molar-refractivity contribution < 1.29 is 27.4 Å². The second-order valence-corrected chi connectivity index (χ2v) is 7.63. The maximum Gasteiger partial charge on any atom is 0.243 e. The summed E-state index contributed by atoms with van der Waals surface area (Å²) in [4.78, 5) is 12.3. The molecule has 0 bridgehead atoms. The fraction of sp³-hybridized carbons (Fsp3) is 0.278. The first kappa shape index (κ1) is 20.4. The van der Waals surface area contributed by atoms with E-state index in [1.54, 1.807) is 12.1 Å². The number of benzene rings is 2. The molecule has 0 atom stereocenters. The van der Waals surface area contributed by atoms with Gasteiger partial charge in [-0.3, -0.25) is 4.79 Å². The van der Waals surface area contributed by atoms with Gasteiger partial charge < -0.3 is 24.8 Å². The van der Waals surface area contributed by atoms with Crippen LogP contribution in [0.3, 0.4) is 0 Å². The van der Waals surface area contributed by atoms with Crippen LogP contribution in [0.5, 0.6) is 17.2 Å². The van der Waals surface area contributed by atoms with Crippen LogP contribution in [0.1, 0.15) is 0 Å². The van der Waals surface area contributed by atoms with Crippen LogP contribution >= 0.6 is 0 Å². The van der Waals surface area contributed by atoms with Crippen molar-refractivity contribution in [2.45, 2.75) is 4.90 Å². The third-order valence-corrected chi connectivity index (χ3v) is 4.81. The van der Waals surface area contributed by atoms with E-state index in [1.807, 2.05) is 0 Å². The van der Waals surface area contributed by atoms with Crippen molar-refractivity contribution >= 4 is 27.1 Å². The number of hydrogen-bond donors (Lipinski definition) is 2. The van der Waals surface area contributed by atoms with Crippen LogP contribution in [0.25, 0.3) is 0 Å². The normalized spacial score (nSPS) is 10.8. The number of carbonyl (C=O) groups is 1. The summed E-state index contributed by atoms with van der Waals surface area (Å²) in [6.07, 6.45) is 1.13. The lowest BCUT2D eigenvalue weighted by molar-refractivity contribution is -0.114. The third-order valence-electron chi connectivity index (χ3n) is 3.68. The van der Waals surface area contributed by atoms with Gasteiger partial charge >= 0.3 is 0 Å². The molecule has 0 aliphatic carbocycles. The highest BCUT2D eigenvalue weighted by Crippen LogP contribution is 2.39. The number of methoxy groups -OCH3 is 3. The van der Waals surface area contributed by atoms with E-state index in [9.17, 15) is 13.2 Å². The van der Waals surface area contributed by atoms with Crippen LogP contribution in [-0.2, 0) is 14.6 Å². The van der Waals surface area contributed by atoms with Gasteiger partial charge in [-0.1, -0.05) is 0 Å². The first-order valence-electron chi connectivity index (χ1n) is 7.92. The van der Waals surface area contributed by atoms with Crippen molar-refractivity contribution in [2.75, 3.05) is 44.8 Å². The molecule has 0 radical (unpaired) electrons. The van der Waals surface area contributed by atoms with Gasteiger partial charge in [-0.2, -0.15) is 0 Å². The SMILES string of the molecule is COc1cc(NCC(=O)Nc2ccc(S(C)(=O)=O)cc2)cc(OC)c1OC. The second kappa shape index (κ2) is 8.63.